The Balaban J connectivity index is 1.83. The van der Waals surface area contributed by atoms with Gasteiger partial charge in [-0.15, -0.1) is 0 Å². The van der Waals surface area contributed by atoms with Gasteiger partial charge in [-0.2, -0.15) is 13.2 Å². The zero-order chi connectivity index (χ0) is 18.0. The van der Waals surface area contributed by atoms with Crippen molar-refractivity contribution in [3.05, 3.63) is 72.0 Å². The minimum atomic E-state index is -4.45. The van der Waals surface area contributed by atoms with E-state index in [1.54, 1.807) is 24.3 Å². The molecule has 0 aliphatic carbocycles. The topological polar surface area (TPSA) is 68.3 Å². The van der Waals surface area contributed by atoms with Gasteiger partial charge in [-0.25, -0.2) is 0 Å². The predicted molar refractivity (Wildman–Crippen MR) is 88.0 cm³/mol. The lowest BCUT2D eigenvalue weighted by Crippen LogP contribution is -2.12. The van der Waals surface area contributed by atoms with Gasteiger partial charge in [-0.05, 0) is 36.4 Å². The summed E-state index contributed by atoms with van der Waals surface area (Å²) in [6.07, 6.45) is -4.45. The quantitative estimate of drug-likeness (QED) is 0.669. The summed E-state index contributed by atoms with van der Waals surface area (Å²) >= 11 is 0. The second-order valence-corrected chi connectivity index (χ2v) is 5.28. The van der Waals surface area contributed by atoms with E-state index in [4.69, 9.17) is 10.2 Å². The number of anilines is 2. The van der Waals surface area contributed by atoms with Crippen molar-refractivity contribution in [3.63, 3.8) is 0 Å². The fourth-order valence-electron chi connectivity index (χ4n) is 2.26. The fraction of sp³-hybridized carbons (Fsp3) is 0.0556. The highest BCUT2D eigenvalue weighted by atomic mass is 19.4. The van der Waals surface area contributed by atoms with Crippen LogP contribution >= 0.6 is 0 Å². The Morgan fingerprint density at radius 2 is 1.76 bits per heavy atom. The lowest BCUT2D eigenvalue weighted by molar-refractivity contribution is -0.137. The third kappa shape index (κ3) is 3.65. The minimum Gasteiger partial charge on any atom is -0.451 e. The van der Waals surface area contributed by atoms with Crippen molar-refractivity contribution in [1.82, 2.24) is 0 Å². The summed E-state index contributed by atoms with van der Waals surface area (Å²) < 4.78 is 43.8. The number of benzene rings is 2. The molecule has 0 radical (unpaired) electrons. The molecule has 0 unspecified atom stereocenters. The van der Waals surface area contributed by atoms with E-state index in [2.05, 4.69) is 5.32 Å². The van der Waals surface area contributed by atoms with Crippen molar-refractivity contribution in [1.29, 1.82) is 0 Å². The van der Waals surface area contributed by atoms with Crippen LogP contribution in [0.3, 0.4) is 0 Å². The van der Waals surface area contributed by atoms with Crippen LogP contribution in [-0.2, 0) is 6.18 Å². The molecule has 3 rings (SSSR count). The van der Waals surface area contributed by atoms with E-state index in [9.17, 15) is 18.0 Å². The largest absolute Gasteiger partial charge is 0.451 e. The number of rotatable bonds is 3. The Bertz CT molecular complexity index is 916. The summed E-state index contributed by atoms with van der Waals surface area (Å²) in [5.41, 5.74) is 6.00. The molecule has 128 valence electrons. The molecule has 0 saturated carbocycles. The minimum absolute atomic E-state index is 0.0318. The highest BCUT2D eigenvalue weighted by Crippen LogP contribution is 2.32. The van der Waals surface area contributed by atoms with Gasteiger partial charge in [0.2, 0.25) is 0 Å². The lowest BCUT2D eigenvalue weighted by atomic mass is 10.1. The van der Waals surface area contributed by atoms with Crippen molar-refractivity contribution >= 4 is 17.3 Å². The summed E-state index contributed by atoms with van der Waals surface area (Å²) in [4.78, 5) is 12.2. The maximum absolute atomic E-state index is 12.8. The molecule has 0 atom stereocenters. The number of para-hydroxylation sites is 2. The highest BCUT2D eigenvalue weighted by Gasteiger charge is 2.30. The van der Waals surface area contributed by atoms with E-state index in [-0.39, 0.29) is 17.1 Å². The van der Waals surface area contributed by atoms with Gasteiger partial charge in [0.25, 0.3) is 5.91 Å². The molecule has 1 aromatic heterocycles. The van der Waals surface area contributed by atoms with Gasteiger partial charge in [0.05, 0.1) is 16.9 Å². The fourth-order valence-corrected chi connectivity index (χ4v) is 2.26. The van der Waals surface area contributed by atoms with Crippen molar-refractivity contribution in [3.8, 4) is 11.3 Å². The Morgan fingerprint density at radius 1 is 1.00 bits per heavy atom. The molecule has 0 aliphatic rings. The van der Waals surface area contributed by atoms with Gasteiger partial charge < -0.3 is 15.5 Å². The van der Waals surface area contributed by atoms with Gasteiger partial charge >= 0.3 is 6.18 Å². The Morgan fingerprint density at radius 3 is 2.48 bits per heavy atom. The van der Waals surface area contributed by atoms with Gasteiger partial charge in [0.1, 0.15) is 5.76 Å². The van der Waals surface area contributed by atoms with Crippen LogP contribution < -0.4 is 11.1 Å². The van der Waals surface area contributed by atoms with E-state index < -0.39 is 17.6 Å². The normalized spacial score (nSPS) is 11.3. The monoisotopic (exact) mass is 346 g/mol. The first kappa shape index (κ1) is 16.6. The molecule has 1 heterocycles. The third-order valence-corrected chi connectivity index (χ3v) is 3.51. The summed E-state index contributed by atoms with van der Waals surface area (Å²) in [7, 11) is 0. The van der Waals surface area contributed by atoms with Gasteiger partial charge in [-0.1, -0.05) is 24.3 Å². The zero-order valence-electron chi connectivity index (χ0n) is 12.8. The number of nitrogen functional groups attached to an aromatic ring is 1. The second kappa shape index (κ2) is 6.35. The average molecular weight is 346 g/mol. The summed E-state index contributed by atoms with van der Waals surface area (Å²) in [6, 6.07) is 14.2. The van der Waals surface area contributed by atoms with E-state index in [1.807, 2.05) is 0 Å². The Hall–Kier alpha value is -3.22. The van der Waals surface area contributed by atoms with Crippen molar-refractivity contribution in [2.75, 3.05) is 11.1 Å². The standard InChI is InChI=1S/C18H13F3N2O2/c19-18(20,21)12-5-3-4-11(10-12)15-8-9-16(25-15)17(24)23-14-7-2-1-6-13(14)22/h1-10H,22H2,(H,23,24). The molecule has 0 bridgehead atoms. The molecule has 3 N–H and O–H groups in total. The first-order chi connectivity index (χ1) is 11.8. The smallest absolute Gasteiger partial charge is 0.416 e. The number of hydrogen-bond donors (Lipinski definition) is 2. The van der Waals surface area contributed by atoms with E-state index >= 15 is 0 Å². The van der Waals surface area contributed by atoms with Gasteiger partial charge in [0.15, 0.2) is 5.76 Å². The maximum Gasteiger partial charge on any atom is 0.416 e. The van der Waals surface area contributed by atoms with Crippen LogP contribution in [0.4, 0.5) is 24.5 Å². The van der Waals surface area contributed by atoms with E-state index in [0.717, 1.165) is 12.1 Å². The zero-order valence-corrected chi connectivity index (χ0v) is 12.8. The third-order valence-electron chi connectivity index (χ3n) is 3.51. The molecular weight excluding hydrogens is 333 g/mol. The molecule has 0 saturated heterocycles. The van der Waals surface area contributed by atoms with Crippen molar-refractivity contribution in [2.45, 2.75) is 6.18 Å². The molecule has 0 spiro atoms. The molecule has 3 aromatic rings. The number of halogens is 3. The van der Waals surface area contributed by atoms with E-state index in [1.165, 1.54) is 24.3 Å². The molecule has 1 amide bonds. The molecule has 25 heavy (non-hydrogen) atoms. The summed E-state index contributed by atoms with van der Waals surface area (Å²) in [6.45, 7) is 0. The van der Waals surface area contributed by atoms with E-state index in [0.29, 0.717) is 11.4 Å². The van der Waals surface area contributed by atoms with Crippen LogP contribution in [0.1, 0.15) is 16.1 Å². The Kier molecular flexibility index (Phi) is 4.22. The number of carbonyl (C=O) groups excluding carboxylic acids is 1. The van der Waals surface area contributed by atoms with Gasteiger partial charge in [0, 0.05) is 5.56 Å². The summed E-state index contributed by atoms with van der Waals surface area (Å²) in [5.74, 6) is -0.413. The van der Waals surface area contributed by atoms with Crippen LogP contribution in [-0.4, -0.2) is 5.91 Å². The van der Waals surface area contributed by atoms with Crippen LogP contribution in [0.25, 0.3) is 11.3 Å². The predicted octanol–water partition coefficient (Wildman–Crippen LogP) is 4.80. The first-order valence-electron chi connectivity index (χ1n) is 7.28. The number of nitrogens with two attached hydrogens (primary N) is 1. The maximum atomic E-state index is 12.8. The number of furan rings is 1. The van der Waals surface area contributed by atoms with Crippen LogP contribution in [0.15, 0.2) is 65.1 Å². The lowest BCUT2D eigenvalue weighted by Gasteiger charge is -2.07. The number of alkyl halides is 3. The number of hydrogen-bond acceptors (Lipinski definition) is 3. The SMILES string of the molecule is Nc1ccccc1NC(=O)c1ccc(-c2cccc(C(F)(F)F)c2)o1. The molecule has 7 heteroatoms. The number of nitrogens with one attached hydrogen (secondary N) is 1. The van der Waals surface area contributed by atoms with Crippen LogP contribution in [0.2, 0.25) is 0 Å². The van der Waals surface area contributed by atoms with Crippen molar-refractivity contribution < 1.29 is 22.4 Å². The molecule has 0 fully saturated rings. The highest BCUT2D eigenvalue weighted by molar-refractivity contribution is 6.04. The molecule has 4 nitrogen and oxygen atoms in total. The van der Waals surface area contributed by atoms with Crippen LogP contribution in [0, 0.1) is 0 Å². The van der Waals surface area contributed by atoms with Crippen molar-refractivity contribution in [2.24, 2.45) is 0 Å². The number of carbonyl (C=O) groups is 1. The molecule has 0 aliphatic heterocycles. The second-order valence-electron chi connectivity index (χ2n) is 5.28. The number of amides is 1. The molecule has 2 aromatic carbocycles. The van der Waals surface area contributed by atoms with Gasteiger partial charge in [-0.3, -0.25) is 4.79 Å². The first-order valence-corrected chi connectivity index (χ1v) is 7.28. The van der Waals surface area contributed by atoms with Crippen LogP contribution in [0.5, 0.6) is 0 Å². The Labute approximate surface area is 141 Å². The summed E-state index contributed by atoms with van der Waals surface area (Å²) in [5, 5.41) is 2.59. The average Bonchev–Trinajstić information content (AvgIpc) is 3.06. The molecular formula is C18H13F3N2O2.